The molecule has 0 bridgehead atoms. The first-order valence-corrected chi connectivity index (χ1v) is 16.1. The van der Waals surface area contributed by atoms with Crippen molar-refractivity contribution in [3.8, 4) is 0 Å². The van der Waals surface area contributed by atoms with Gasteiger partial charge in [0.05, 0.1) is 13.2 Å². The van der Waals surface area contributed by atoms with Gasteiger partial charge in [-0.3, -0.25) is 9.59 Å². The van der Waals surface area contributed by atoms with Crippen LogP contribution < -0.4 is 40.2 Å². The second-order valence-corrected chi connectivity index (χ2v) is 12.7. The second kappa shape index (κ2) is 19.6. The van der Waals surface area contributed by atoms with Crippen molar-refractivity contribution in [2.75, 3.05) is 13.2 Å². The van der Waals surface area contributed by atoms with Crippen molar-refractivity contribution in [1.29, 1.82) is 0 Å². The zero-order chi connectivity index (χ0) is 39.6. The molecule has 54 heavy (non-hydrogen) atoms. The SMILES string of the molecule is CC(=O)N[C@@H]1[C@@H](O[C@@H]2O[C@H](C(=O)O)[C@@H](O[C@@H]3O[C@H](CO)[C@@H](O)[C@H](O[C@@H]4O[C@H](C(=O)O)[C@@H](O)[C@H](O)[C@H]4O)[C@H]3NC(C)=O)[C@H](O)[C@H]2O)[C@H](O)[C@@H](CO)O[C@H]1O.[H-].[Na+]. The van der Waals surface area contributed by atoms with Crippen LogP contribution in [0.1, 0.15) is 15.3 Å². The van der Waals surface area contributed by atoms with Crippen molar-refractivity contribution < 1.29 is 145 Å². The number of carbonyl (C=O) groups is 4. The Morgan fingerprint density at radius 3 is 1.44 bits per heavy atom. The van der Waals surface area contributed by atoms with E-state index in [-0.39, 0.29) is 31.0 Å². The van der Waals surface area contributed by atoms with Crippen molar-refractivity contribution in [3.05, 3.63) is 0 Å². The number of carbonyl (C=O) groups excluding carboxylic acids is 2. The van der Waals surface area contributed by atoms with E-state index in [4.69, 9.17) is 33.2 Å². The summed E-state index contributed by atoms with van der Waals surface area (Å²) < 4.78 is 38.0. The molecule has 0 aromatic heterocycles. The van der Waals surface area contributed by atoms with Gasteiger partial charge in [0.1, 0.15) is 85.3 Å². The molecule has 14 N–H and O–H groups in total. The fraction of sp³-hybridized carbons (Fsp3) is 0.857. The van der Waals surface area contributed by atoms with Gasteiger partial charge in [-0.15, -0.1) is 0 Å². The Kier molecular flexibility index (Phi) is 16.9. The van der Waals surface area contributed by atoms with Crippen molar-refractivity contribution in [3.63, 3.8) is 0 Å². The number of carboxylic acids is 2. The standard InChI is InChI=1S/C28H44N2O23.Na.H/c1-5(33)29-9-18(11(35)7(3-31)47-25(9)46)49-28-17(41)15(39)20(22(53-28)24(44)45)51-26-10(30-6(2)34)19(12(36)8(4-32)48-26)50-27-16(40)13(37)14(38)21(52-27)23(42)43;;/h7-22,25-28,31-32,35-41,46H,3-4H2,1-2H3,(H,29,33)(H,30,34)(H,42,43)(H,44,45);;/q;+1;-1/t7-,8-,9-,10-,11-,12-,13+,14+,15-,16-,17-,18-,19-,20+,21+,22+,25-,26+,27-,28-;;/m1../s1. The molecule has 0 spiro atoms. The molecular weight excluding hydrogens is 755 g/mol. The van der Waals surface area contributed by atoms with Crippen molar-refractivity contribution in [2.45, 2.75) is 137 Å². The molecule has 0 aromatic rings. The van der Waals surface area contributed by atoms with Gasteiger partial charge >= 0.3 is 41.5 Å². The molecule has 0 aromatic carbocycles. The Balaban J connectivity index is 0.00000523. The average molecular weight is 801 g/mol. The van der Waals surface area contributed by atoms with Crippen molar-refractivity contribution in [2.24, 2.45) is 0 Å². The van der Waals surface area contributed by atoms with Crippen LogP contribution in [0.5, 0.6) is 0 Å². The van der Waals surface area contributed by atoms with Gasteiger partial charge in [0.2, 0.25) is 11.8 Å². The molecule has 0 radical (unpaired) electrons. The second-order valence-electron chi connectivity index (χ2n) is 12.7. The van der Waals surface area contributed by atoms with E-state index in [1.165, 1.54) is 0 Å². The number of aliphatic carboxylic acids is 2. The molecule has 26 heteroatoms. The predicted octanol–water partition coefficient (Wildman–Crippen LogP) is -12.2. The van der Waals surface area contributed by atoms with Crippen LogP contribution in [0.4, 0.5) is 0 Å². The van der Waals surface area contributed by atoms with Crippen molar-refractivity contribution in [1.82, 2.24) is 10.6 Å². The van der Waals surface area contributed by atoms with Crippen LogP contribution in [0.25, 0.3) is 0 Å². The third kappa shape index (κ3) is 10.0. The molecule has 4 heterocycles. The van der Waals surface area contributed by atoms with Crippen molar-refractivity contribution >= 4 is 23.8 Å². The Morgan fingerprint density at radius 2 is 0.963 bits per heavy atom. The first-order valence-electron chi connectivity index (χ1n) is 16.1. The maximum absolute atomic E-state index is 12.5. The fourth-order valence-electron chi connectivity index (χ4n) is 6.30. The minimum absolute atomic E-state index is 0. The molecule has 4 rings (SSSR count). The van der Waals surface area contributed by atoms with Crippen LogP contribution in [0.3, 0.4) is 0 Å². The molecule has 2 amide bonds. The van der Waals surface area contributed by atoms with Crippen LogP contribution in [-0.2, 0) is 52.3 Å². The van der Waals surface area contributed by atoms with E-state index in [0.717, 1.165) is 13.8 Å². The summed E-state index contributed by atoms with van der Waals surface area (Å²) in [6, 6.07) is -3.38. The summed E-state index contributed by atoms with van der Waals surface area (Å²) in [5, 5.41) is 129. The topological polar surface area (TPSA) is 400 Å². The number of carboxylic acid groups (broad SMARTS) is 2. The summed E-state index contributed by atoms with van der Waals surface area (Å²) in [4.78, 5) is 48.2. The molecule has 4 aliphatic heterocycles. The fourth-order valence-corrected chi connectivity index (χ4v) is 6.30. The van der Waals surface area contributed by atoms with Gasteiger partial charge < -0.3 is 106 Å². The van der Waals surface area contributed by atoms with E-state index < -0.39 is 160 Å². The van der Waals surface area contributed by atoms with Crippen LogP contribution >= 0.6 is 0 Å². The summed E-state index contributed by atoms with van der Waals surface area (Å²) >= 11 is 0. The molecule has 0 saturated carbocycles. The molecule has 4 fully saturated rings. The van der Waals surface area contributed by atoms with Gasteiger partial charge in [0.15, 0.2) is 37.4 Å². The van der Waals surface area contributed by atoms with Gasteiger partial charge in [-0.1, -0.05) is 0 Å². The number of hydrogen-bond donors (Lipinski definition) is 14. The Hall–Kier alpha value is -1.80. The third-order valence-corrected chi connectivity index (χ3v) is 8.94. The zero-order valence-electron chi connectivity index (χ0n) is 29.8. The number of hydrogen-bond acceptors (Lipinski definition) is 21. The molecule has 20 atom stereocenters. The molecule has 4 saturated heterocycles. The summed E-state index contributed by atoms with van der Waals surface area (Å²) in [6.07, 6.45) is -36.5. The summed E-state index contributed by atoms with van der Waals surface area (Å²) in [6.45, 7) is 0.116. The molecule has 25 nitrogen and oxygen atoms in total. The maximum Gasteiger partial charge on any atom is 1.00 e. The van der Waals surface area contributed by atoms with E-state index in [2.05, 4.69) is 10.6 Å². The minimum Gasteiger partial charge on any atom is -1.00 e. The third-order valence-electron chi connectivity index (χ3n) is 8.94. The maximum atomic E-state index is 12.5. The van der Waals surface area contributed by atoms with E-state index in [1.807, 2.05) is 0 Å². The number of amides is 2. The van der Waals surface area contributed by atoms with Crippen LogP contribution in [0.2, 0.25) is 0 Å². The first-order chi connectivity index (χ1) is 24.8. The number of aliphatic hydroxyl groups is 10. The number of ether oxygens (including phenoxy) is 7. The summed E-state index contributed by atoms with van der Waals surface area (Å²) in [7, 11) is 0. The normalized spacial score (nSPS) is 45.4. The monoisotopic (exact) mass is 800 g/mol. The van der Waals surface area contributed by atoms with Gasteiger partial charge in [-0.05, 0) is 0 Å². The molecular formula is C28H45N2NaO23. The Morgan fingerprint density at radius 1 is 0.537 bits per heavy atom. The molecule has 306 valence electrons. The quantitative estimate of drug-likeness (QED) is 0.0815. The number of nitrogens with one attached hydrogen (secondary N) is 2. The first kappa shape index (κ1) is 46.6. The van der Waals surface area contributed by atoms with Gasteiger partial charge in [0, 0.05) is 13.8 Å². The Labute approximate surface area is 328 Å². The number of rotatable bonds is 12. The van der Waals surface area contributed by atoms with Gasteiger partial charge in [-0.2, -0.15) is 0 Å². The average Bonchev–Trinajstić information content (AvgIpc) is 3.08. The summed E-state index contributed by atoms with van der Waals surface area (Å²) in [5.41, 5.74) is 0. The minimum atomic E-state index is -2.30. The van der Waals surface area contributed by atoms with Crippen LogP contribution in [0, 0.1) is 0 Å². The van der Waals surface area contributed by atoms with E-state index in [0.29, 0.717) is 0 Å². The van der Waals surface area contributed by atoms with Gasteiger partial charge in [0.25, 0.3) is 0 Å². The molecule has 0 aliphatic carbocycles. The van der Waals surface area contributed by atoms with E-state index in [9.17, 15) is 80.5 Å². The van der Waals surface area contributed by atoms with Crippen LogP contribution in [-0.4, -0.2) is 221 Å². The molecule has 0 unspecified atom stereocenters. The summed E-state index contributed by atoms with van der Waals surface area (Å²) in [5.74, 6) is -5.28. The van der Waals surface area contributed by atoms with Crippen LogP contribution in [0.15, 0.2) is 0 Å². The zero-order valence-corrected chi connectivity index (χ0v) is 30.8. The number of aliphatic hydroxyl groups excluding tert-OH is 10. The smallest absolute Gasteiger partial charge is 1.00 e. The van der Waals surface area contributed by atoms with Gasteiger partial charge in [-0.25, -0.2) is 9.59 Å². The predicted molar refractivity (Wildman–Crippen MR) is 159 cm³/mol. The van der Waals surface area contributed by atoms with E-state index >= 15 is 0 Å². The van der Waals surface area contributed by atoms with E-state index in [1.54, 1.807) is 0 Å². The Bertz CT molecular complexity index is 1310. The largest absolute Gasteiger partial charge is 1.00 e. The molecule has 4 aliphatic rings.